The van der Waals surface area contributed by atoms with Gasteiger partial charge in [-0.15, -0.1) is 0 Å². The molecule has 1 aromatic carbocycles. The van der Waals surface area contributed by atoms with Crippen molar-refractivity contribution in [2.24, 2.45) is 23.0 Å². The highest BCUT2D eigenvalue weighted by Gasteiger charge is 2.35. The van der Waals surface area contributed by atoms with E-state index < -0.39 is 11.6 Å². The van der Waals surface area contributed by atoms with Crippen molar-refractivity contribution in [2.45, 2.75) is 46.0 Å². The average molecular weight is 281 g/mol. The van der Waals surface area contributed by atoms with Gasteiger partial charge in [0.25, 0.3) is 0 Å². The van der Waals surface area contributed by atoms with E-state index in [1.165, 1.54) is 25.0 Å². The molecule has 0 atom stereocenters. The fourth-order valence-electron chi connectivity index (χ4n) is 3.52. The SMILES string of the molecule is CC(C)C1CCC(CN)(Cc2cc(F)cc(F)c2)CC1. The summed E-state index contributed by atoms with van der Waals surface area (Å²) in [6.45, 7) is 5.13. The predicted octanol–water partition coefficient (Wildman–Crippen LogP) is 4.30. The molecule has 0 unspecified atom stereocenters. The van der Waals surface area contributed by atoms with Crippen LogP contribution in [-0.2, 0) is 6.42 Å². The maximum atomic E-state index is 13.3. The van der Waals surface area contributed by atoms with Crippen molar-refractivity contribution in [1.82, 2.24) is 0 Å². The van der Waals surface area contributed by atoms with Gasteiger partial charge >= 0.3 is 0 Å². The van der Waals surface area contributed by atoms with Gasteiger partial charge in [-0.3, -0.25) is 0 Å². The van der Waals surface area contributed by atoms with Gasteiger partial charge in [-0.25, -0.2) is 8.78 Å². The summed E-state index contributed by atoms with van der Waals surface area (Å²) < 4.78 is 26.6. The molecule has 0 saturated heterocycles. The third kappa shape index (κ3) is 3.57. The minimum absolute atomic E-state index is 0.0195. The van der Waals surface area contributed by atoms with Crippen molar-refractivity contribution in [1.29, 1.82) is 0 Å². The van der Waals surface area contributed by atoms with Crippen molar-refractivity contribution < 1.29 is 8.78 Å². The van der Waals surface area contributed by atoms with E-state index in [1.54, 1.807) is 0 Å². The second-order valence-corrected chi connectivity index (χ2v) is 6.74. The van der Waals surface area contributed by atoms with Crippen molar-refractivity contribution in [2.75, 3.05) is 6.54 Å². The Hall–Kier alpha value is -0.960. The molecule has 2 N–H and O–H groups in total. The minimum Gasteiger partial charge on any atom is -0.330 e. The minimum atomic E-state index is -0.497. The molecule has 3 heteroatoms. The Morgan fingerprint density at radius 3 is 2.15 bits per heavy atom. The largest absolute Gasteiger partial charge is 0.330 e. The summed E-state index contributed by atoms with van der Waals surface area (Å²) >= 11 is 0. The maximum absolute atomic E-state index is 13.3. The number of halogens is 2. The molecule has 20 heavy (non-hydrogen) atoms. The first-order valence-electron chi connectivity index (χ1n) is 7.59. The molecule has 1 fully saturated rings. The van der Waals surface area contributed by atoms with E-state index in [2.05, 4.69) is 13.8 Å². The van der Waals surface area contributed by atoms with Crippen LogP contribution in [0.1, 0.15) is 45.1 Å². The normalized spacial score (nSPS) is 27.0. The zero-order valence-electron chi connectivity index (χ0n) is 12.5. The van der Waals surface area contributed by atoms with Gasteiger partial charge in [0, 0.05) is 6.07 Å². The Labute approximate surface area is 120 Å². The van der Waals surface area contributed by atoms with E-state index in [9.17, 15) is 8.78 Å². The molecule has 1 nitrogen and oxygen atoms in total. The smallest absolute Gasteiger partial charge is 0.126 e. The molecule has 2 rings (SSSR count). The van der Waals surface area contributed by atoms with Crippen LogP contribution in [0.3, 0.4) is 0 Å². The monoisotopic (exact) mass is 281 g/mol. The van der Waals surface area contributed by atoms with Crippen molar-refractivity contribution in [3.05, 3.63) is 35.4 Å². The lowest BCUT2D eigenvalue weighted by Crippen LogP contribution is -2.37. The highest BCUT2D eigenvalue weighted by atomic mass is 19.1. The summed E-state index contributed by atoms with van der Waals surface area (Å²) in [6, 6.07) is 3.80. The van der Waals surface area contributed by atoms with Crippen molar-refractivity contribution in [3.63, 3.8) is 0 Å². The number of rotatable bonds is 4. The summed E-state index contributed by atoms with van der Waals surface area (Å²) in [6.07, 6.45) is 5.15. The number of hydrogen-bond acceptors (Lipinski definition) is 1. The fourth-order valence-corrected chi connectivity index (χ4v) is 3.52. The zero-order valence-corrected chi connectivity index (χ0v) is 12.5. The summed E-state index contributed by atoms with van der Waals surface area (Å²) in [5.41, 5.74) is 6.75. The molecular formula is C17H25F2N. The third-order valence-corrected chi connectivity index (χ3v) is 4.97. The van der Waals surface area contributed by atoms with Gasteiger partial charge in [-0.1, -0.05) is 13.8 Å². The van der Waals surface area contributed by atoms with E-state index in [4.69, 9.17) is 5.73 Å². The van der Waals surface area contributed by atoms with Crippen molar-refractivity contribution >= 4 is 0 Å². The molecule has 1 saturated carbocycles. The number of nitrogens with two attached hydrogens (primary N) is 1. The molecule has 0 bridgehead atoms. The molecule has 1 aromatic rings. The Morgan fingerprint density at radius 1 is 1.15 bits per heavy atom. The maximum Gasteiger partial charge on any atom is 0.126 e. The summed E-state index contributed by atoms with van der Waals surface area (Å²) in [7, 11) is 0. The van der Waals surface area contributed by atoms with Gasteiger partial charge in [0.1, 0.15) is 11.6 Å². The van der Waals surface area contributed by atoms with Crippen LogP contribution in [0.2, 0.25) is 0 Å². The topological polar surface area (TPSA) is 26.0 Å². The molecule has 1 aliphatic carbocycles. The van der Waals surface area contributed by atoms with E-state index in [1.807, 2.05) is 0 Å². The van der Waals surface area contributed by atoms with Crippen LogP contribution in [0.4, 0.5) is 8.78 Å². The Morgan fingerprint density at radius 2 is 1.70 bits per heavy atom. The van der Waals surface area contributed by atoms with Crippen LogP contribution >= 0.6 is 0 Å². The molecular weight excluding hydrogens is 256 g/mol. The van der Waals surface area contributed by atoms with Gasteiger partial charge < -0.3 is 5.73 Å². The van der Waals surface area contributed by atoms with Crippen LogP contribution in [0.15, 0.2) is 18.2 Å². The first-order chi connectivity index (χ1) is 9.44. The van der Waals surface area contributed by atoms with Gasteiger partial charge in [0.05, 0.1) is 0 Å². The van der Waals surface area contributed by atoms with Gasteiger partial charge in [-0.2, -0.15) is 0 Å². The highest BCUT2D eigenvalue weighted by Crippen LogP contribution is 2.43. The fraction of sp³-hybridized carbons (Fsp3) is 0.647. The summed E-state index contributed by atoms with van der Waals surface area (Å²) in [5, 5.41) is 0. The first kappa shape index (κ1) is 15.4. The molecule has 0 aromatic heterocycles. The first-order valence-corrected chi connectivity index (χ1v) is 7.59. The van der Waals surface area contributed by atoms with Crippen LogP contribution in [0, 0.1) is 28.9 Å². The second kappa shape index (κ2) is 6.21. The molecule has 0 radical (unpaired) electrons. The second-order valence-electron chi connectivity index (χ2n) is 6.74. The molecule has 0 aliphatic heterocycles. The van der Waals surface area contributed by atoms with E-state index in [0.717, 1.165) is 30.4 Å². The van der Waals surface area contributed by atoms with Crippen molar-refractivity contribution in [3.8, 4) is 0 Å². The van der Waals surface area contributed by atoms with Gasteiger partial charge in [0.2, 0.25) is 0 Å². The van der Waals surface area contributed by atoms with Crippen LogP contribution < -0.4 is 5.73 Å². The molecule has 112 valence electrons. The zero-order chi connectivity index (χ0) is 14.8. The van der Waals surface area contributed by atoms with Crippen LogP contribution in [-0.4, -0.2) is 6.54 Å². The van der Waals surface area contributed by atoms with E-state index in [0.29, 0.717) is 18.9 Å². The standard InChI is InChI=1S/C17H25F2N/c1-12(2)14-3-5-17(11-20,6-4-14)10-13-7-15(18)9-16(19)8-13/h7-9,12,14H,3-6,10-11,20H2,1-2H3. The summed E-state index contributed by atoms with van der Waals surface area (Å²) in [5.74, 6) is 0.474. The molecule has 0 heterocycles. The van der Waals surface area contributed by atoms with E-state index >= 15 is 0 Å². The average Bonchev–Trinajstić information content (AvgIpc) is 2.38. The quantitative estimate of drug-likeness (QED) is 0.875. The number of hydrogen-bond donors (Lipinski definition) is 1. The lowest BCUT2D eigenvalue weighted by atomic mass is 9.65. The Balaban J connectivity index is 2.09. The lowest BCUT2D eigenvalue weighted by Gasteiger charge is -2.41. The highest BCUT2D eigenvalue weighted by molar-refractivity contribution is 5.20. The number of benzene rings is 1. The Kier molecular flexibility index (Phi) is 4.79. The summed E-state index contributed by atoms with van der Waals surface area (Å²) in [4.78, 5) is 0. The molecule has 0 amide bonds. The predicted molar refractivity (Wildman–Crippen MR) is 78.3 cm³/mol. The van der Waals surface area contributed by atoms with Crippen LogP contribution in [0.25, 0.3) is 0 Å². The Bertz CT molecular complexity index is 428. The van der Waals surface area contributed by atoms with Gasteiger partial charge in [0.15, 0.2) is 0 Å². The van der Waals surface area contributed by atoms with Crippen LogP contribution in [0.5, 0.6) is 0 Å². The third-order valence-electron chi connectivity index (χ3n) is 4.97. The lowest BCUT2D eigenvalue weighted by molar-refractivity contribution is 0.132. The van der Waals surface area contributed by atoms with Gasteiger partial charge in [-0.05, 0) is 73.6 Å². The molecule has 0 spiro atoms. The molecule has 1 aliphatic rings. The van der Waals surface area contributed by atoms with E-state index in [-0.39, 0.29) is 5.41 Å².